The first-order chi connectivity index (χ1) is 10.3. The van der Waals surface area contributed by atoms with Crippen LogP contribution in [0, 0.1) is 5.92 Å². The molecule has 0 heterocycles. The molecule has 0 radical (unpaired) electrons. The lowest BCUT2D eigenvalue weighted by Gasteiger charge is -2.33. The van der Waals surface area contributed by atoms with Gasteiger partial charge < -0.3 is 10.4 Å². The van der Waals surface area contributed by atoms with Crippen LogP contribution < -0.4 is 5.32 Å². The van der Waals surface area contributed by atoms with Crippen molar-refractivity contribution in [3.8, 4) is 0 Å². The first-order valence-corrected chi connectivity index (χ1v) is 8.28. The minimum Gasteiger partial charge on any atom is -0.481 e. The van der Waals surface area contributed by atoms with Crippen molar-refractivity contribution in [2.45, 2.75) is 23.8 Å². The molecule has 0 spiro atoms. The van der Waals surface area contributed by atoms with Gasteiger partial charge in [-0.15, -0.1) is 0 Å². The second-order valence-electron chi connectivity index (χ2n) is 5.35. The lowest BCUT2D eigenvalue weighted by Crippen LogP contribution is -2.49. The van der Waals surface area contributed by atoms with Crippen LogP contribution in [-0.2, 0) is 19.6 Å². The minimum absolute atomic E-state index is 0.125. The third-order valence-electron chi connectivity index (χ3n) is 3.67. The van der Waals surface area contributed by atoms with Crippen LogP contribution in [0.4, 0.5) is 0 Å². The molecule has 1 aliphatic carbocycles. The number of carboxylic acids is 1. The first kappa shape index (κ1) is 16.4. The van der Waals surface area contributed by atoms with Crippen molar-refractivity contribution in [2.75, 3.05) is 13.6 Å². The van der Waals surface area contributed by atoms with E-state index in [2.05, 4.69) is 5.32 Å². The number of rotatable bonds is 6. The van der Waals surface area contributed by atoms with Gasteiger partial charge in [0.1, 0.15) is 0 Å². The molecular formula is C14H18N2O5S. The number of likely N-dealkylation sites (N-methyl/N-ethyl adjacent to an activating group) is 1. The van der Waals surface area contributed by atoms with E-state index in [4.69, 9.17) is 5.11 Å². The summed E-state index contributed by atoms with van der Waals surface area (Å²) in [6.07, 6.45) is 0.770. The molecule has 1 aromatic carbocycles. The molecule has 0 bridgehead atoms. The van der Waals surface area contributed by atoms with Crippen molar-refractivity contribution in [3.05, 3.63) is 30.3 Å². The summed E-state index contributed by atoms with van der Waals surface area (Å²) < 4.78 is 25.5. The van der Waals surface area contributed by atoms with E-state index >= 15 is 0 Å². The lowest BCUT2D eigenvalue weighted by molar-refractivity contribution is -0.146. The smallest absolute Gasteiger partial charge is 0.306 e. The summed E-state index contributed by atoms with van der Waals surface area (Å²) in [5.41, 5.74) is 0. The van der Waals surface area contributed by atoms with Gasteiger partial charge >= 0.3 is 5.97 Å². The summed E-state index contributed by atoms with van der Waals surface area (Å²) in [5, 5.41) is 11.4. The number of carboxylic acid groups (broad SMARTS) is 1. The summed E-state index contributed by atoms with van der Waals surface area (Å²) in [6.45, 7) is -0.300. The van der Waals surface area contributed by atoms with E-state index in [0.717, 1.165) is 4.31 Å². The van der Waals surface area contributed by atoms with Gasteiger partial charge in [-0.2, -0.15) is 4.31 Å². The maximum atomic E-state index is 12.2. The molecule has 0 saturated heterocycles. The van der Waals surface area contributed by atoms with Crippen molar-refractivity contribution in [1.29, 1.82) is 0 Å². The average molecular weight is 326 g/mol. The summed E-state index contributed by atoms with van der Waals surface area (Å²) in [6, 6.07) is 7.67. The highest BCUT2D eigenvalue weighted by Gasteiger charge is 2.35. The Morgan fingerprint density at radius 1 is 1.27 bits per heavy atom. The second kappa shape index (κ2) is 6.45. The molecule has 1 fully saturated rings. The molecule has 7 nitrogen and oxygen atoms in total. The third kappa shape index (κ3) is 3.63. The maximum absolute atomic E-state index is 12.2. The van der Waals surface area contributed by atoms with Gasteiger partial charge in [0.25, 0.3) is 0 Å². The summed E-state index contributed by atoms with van der Waals surface area (Å²) in [5.74, 6) is -1.72. The van der Waals surface area contributed by atoms with E-state index in [1.54, 1.807) is 18.2 Å². The topological polar surface area (TPSA) is 104 Å². The Hall–Kier alpha value is -1.93. The van der Waals surface area contributed by atoms with Gasteiger partial charge in [-0.3, -0.25) is 9.59 Å². The molecule has 8 heteroatoms. The molecule has 1 saturated carbocycles. The molecule has 1 aromatic rings. The number of nitrogens with zero attached hydrogens (tertiary/aromatic N) is 1. The zero-order valence-electron chi connectivity index (χ0n) is 12.1. The molecule has 1 aliphatic rings. The number of aliphatic carboxylic acids is 1. The highest BCUT2D eigenvalue weighted by molar-refractivity contribution is 7.89. The standard InChI is InChI=1S/C14H18N2O5S/c1-16(22(20,21)12-5-3-2-4-6-12)9-13(17)15-11-7-10(8-11)14(18)19/h2-6,10-11H,7-9H2,1H3,(H,15,17)(H,18,19). The fraction of sp³-hybridized carbons (Fsp3) is 0.429. The van der Waals surface area contributed by atoms with E-state index in [-0.39, 0.29) is 17.5 Å². The SMILES string of the molecule is CN(CC(=O)NC1CC(C(=O)O)C1)S(=O)(=O)c1ccccc1. The van der Waals surface area contributed by atoms with Gasteiger partial charge in [-0.25, -0.2) is 8.42 Å². The second-order valence-corrected chi connectivity index (χ2v) is 7.39. The molecule has 22 heavy (non-hydrogen) atoms. The van der Waals surface area contributed by atoms with Gasteiger partial charge in [0.2, 0.25) is 15.9 Å². The summed E-state index contributed by atoms with van der Waals surface area (Å²) >= 11 is 0. The average Bonchev–Trinajstić information content (AvgIpc) is 2.42. The first-order valence-electron chi connectivity index (χ1n) is 6.84. The fourth-order valence-corrected chi connectivity index (χ4v) is 3.42. The Labute approximate surface area is 129 Å². The van der Waals surface area contributed by atoms with Crippen molar-refractivity contribution < 1.29 is 23.1 Å². The molecule has 120 valence electrons. The number of benzene rings is 1. The van der Waals surface area contributed by atoms with Crippen LogP contribution in [0.3, 0.4) is 0 Å². The van der Waals surface area contributed by atoms with Crippen LogP contribution in [0.15, 0.2) is 35.2 Å². The molecule has 2 N–H and O–H groups in total. The predicted octanol–water partition coefficient (Wildman–Crippen LogP) is 0.287. The van der Waals surface area contributed by atoms with E-state index < -0.39 is 27.8 Å². The predicted molar refractivity (Wildman–Crippen MR) is 78.5 cm³/mol. The Morgan fingerprint density at radius 2 is 1.86 bits per heavy atom. The van der Waals surface area contributed by atoms with Gasteiger partial charge in [0, 0.05) is 13.1 Å². The van der Waals surface area contributed by atoms with Crippen LogP contribution in [0.5, 0.6) is 0 Å². The molecule has 0 atom stereocenters. The Morgan fingerprint density at radius 3 is 2.41 bits per heavy atom. The fourth-order valence-electron chi connectivity index (χ4n) is 2.27. The van der Waals surface area contributed by atoms with Crippen molar-refractivity contribution >= 4 is 21.9 Å². The van der Waals surface area contributed by atoms with E-state index in [1.807, 2.05) is 0 Å². The van der Waals surface area contributed by atoms with Crippen LogP contribution in [0.2, 0.25) is 0 Å². The number of hydrogen-bond donors (Lipinski definition) is 2. The Kier molecular flexibility index (Phi) is 4.82. The lowest BCUT2D eigenvalue weighted by atomic mass is 9.80. The van der Waals surface area contributed by atoms with Gasteiger partial charge in [0.05, 0.1) is 17.4 Å². The zero-order chi connectivity index (χ0) is 16.3. The van der Waals surface area contributed by atoms with Crippen LogP contribution in [0.25, 0.3) is 0 Å². The number of carbonyl (C=O) groups is 2. The quantitative estimate of drug-likeness (QED) is 0.782. The summed E-state index contributed by atoms with van der Waals surface area (Å²) in [7, 11) is -2.37. The van der Waals surface area contributed by atoms with E-state index in [9.17, 15) is 18.0 Å². The molecule has 0 aromatic heterocycles. The van der Waals surface area contributed by atoms with Crippen LogP contribution in [0.1, 0.15) is 12.8 Å². The monoisotopic (exact) mass is 326 g/mol. The number of carbonyl (C=O) groups excluding carboxylic acids is 1. The highest BCUT2D eigenvalue weighted by atomic mass is 32.2. The van der Waals surface area contributed by atoms with Crippen molar-refractivity contribution in [2.24, 2.45) is 5.92 Å². The van der Waals surface area contributed by atoms with Crippen LogP contribution >= 0.6 is 0 Å². The zero-order valence-corrected chi connectivity index (χ0v) is 12.9. The number of amides is 1. The van der Waals surface area contributed by atoms with Gasteiger partial charge in [0.15, 0.2) is 0 Å². The number of hydrogen-bond acceptors (Lipinski definition) is 4. The highest BCUT2D eigenvalue weighted by Crippen LogP contribution is 2.27. The summed E-state index contributed by atoms with van der Waals surface area (Å²) in [4.78, 5) is 22.7. The van der Waals surface area contributed by atoms with Crippen molar-refractivity contribution in [3.63, 3.8) is 0 Å². The van der Waals surface area contributed by atoms with Crippen LogP contribution in [-0.4, -0.2) is 49.3 Å². The maximum Gasteiger partial charge on any atom is 0.306 e. The van der Waals surface area contributed by atoms with Crippen molar-refractivity contribution in [1.82, 2.24) is 9.62 Å². The number of nitrogens with one attached hydrogen (secondary N) is 1. The van der Waals surface area contributed by atoms with Gasteiger partial charge in [-0.1, -0.05) is 18.2 Å². The molecule has 0 aliphatic heterocycles. The third-order valence-corrected chi connectivity index (χ3v) is 5.49. The van der Waals surface area contributed by atoms with E-state index in [1.165, 1.54) is 19.2 Å². The Bertz CT molecular complexity index is 653. The Balaban J connectivity index is 1.88. The van der Waals surface area contributed by atoms with E-state index in [0.29, 0.717) is 12.8 Å². The molecule has 0 unspecified atom stereocenters. The largest absolute Gasteiger partial charge is 0.481 e. The minimum atomic E-state index is -3.70. The molecule has 1 amide bonds. The number of sulfonamides is 1. The van der Waals surface area contributed by atoms with Gasteiger partial charge in [-0.05, 0) is 25.0 Å². The molecular weight excluding hydrogens is 308 g/mol. The molecule has 2 rings (SSSR count). The normalized spacial score (nSPS) is 21.2.